The van der Waals surface area contributed by atoms with Gasteiger partial charge in [0.2, 0.25) is 0 Å². The maximum Gasteiger partial charge on any atom is 0.417 e. The van der Waals surface area contributed by atoms with Crippen molar-refractivity contribution in [3.63, 3.8) is 0 Å². The smallest absolute Gasteiger partial charge is 0.380 e. The van der Waals surface area contributed by atoms with Crippen LogP contribution in [0.1, 0.15) is 115 Å². The number of alkyl halides is 3. The number of aliphatic hydroxyl groups is 1. The van der Waals surface area contributed by atoms with Crippen molar-refractivity contribution in [2.75, 3.05) is 16.8 Å². The van der Waals surface area contributed by atoms with Gasteiger partial charge >= 0.3 is 6.18 Å². The predicted octanol–water partition coefficient (Wildman–Crippen LogP) is 7.16. The van der Waals surface area contributed by atoms with Gasteiger partial charge in [-0.15, -0.1) is 0 Å². The minimum absolute atomic E-state index is 0.138. The molecular formula is C28H43F3N2O4S. The number of nitrogens with zero attached hydrogens (tertiary/aromatic N) is 1. The lowest BCUT2D eigenvalue weighted by atomic mass is 9.96. The Balaban J connectivity index is 2.23. The zero-order valence-electron chi connectivity index (χ0n) is 22.7. The van der Waals surface area contributed by atoms with Crippen LogP contribution in [0.25, 0.3) is 0 Å². The highest BCUT2D eigenvalue weighted by atomic mass is 32.2. The molecule has 2 N–H and O–H groups in total. The molecule has 0 fully saturated rings. The van der Waals surface area contributed by atoms with Crippen LogP contribution in [0.2, 0.25) is 0 Å². The van der Waals surface area contributed by atoms with Gasteiger partial charge in [-0.3, -0.25) is 4.79 Å². The number of nitrogens with one attached hydrogen (secondary N) is 1. The maximum absolute atomic E-state index is 13.1. The Morgan fingerprint density at radius 2 is 1.42 bits per heavy atom. The fourth-order valence-corrected chi connectivity index (χ4v) is 5.70. The summed E-state index contributed by atoms with van der Waals surface area (Å²) < 4.78 is 63.5. The van der Waals surface area contributed by atoms with E-state index in [9.17, 15) is 31.5 Å². The summed E-state index contributed by atoms with van der Waals surface area (Å²) in [7, 11) is -2.95. The van der Waals surface area contributed by atoms with Gasteiger partial charge in [-0.05, 0) is 44.4 Å². The lowest BCUT2D eigenvalue weighted by molar-refractivity contribution is -0.138. The zero-order valence-corrected chi connectivity index (χ0v) is 23.5. The molecule has 1 atom stereocenters. The monoisotopic (exact) mass is 560 g/mol. The molecule has 0 radical (unpaired) electrons. The number of unbranched alkanes of at least 4 members (excludes halogenated alkanes) is 11. The predicted molar refractivity (Wildman–Crippen MR) is 144 cm³/mol. The Morgan fingerprint density at radius 3 is 1.92 bits per heavy atom. The summed E-state index contributed by atoms with van der Waals surface area (Å²) in [6.07, 6.45) is 7.37. The van der Waals surface area contributed by atoms with Crippen molar-refractivity contribution in [3.8, 4) is 6.07 Å². The van der Waals surface area contributed by atoms with Crippen LogP contribution in [0.5, 0.6) is 0 Å². The minimum Gasteiger partial charge on any atom is -0.380 e. The van der Waals surface area contributed by atoms with Crippen LogP contribution >= 0.6 is 0 Å². The Hall–Kier alpha value is -2.12. The highest BCUT2D eigenvalue weighted by molar-refractivity contribution is 7.91. The number of hydrogen-bond acceptors (Lipinski definition) is 5. The minimum atomic E-state index is -4.74. The van der Waals surface area contributed by atoms with Crippen molar-refractivity contribution in [2.45, 2.75) is 116 Å². The van der Waals surface area contributed by atoms with Gasteiger partial charge in [0.05, 0.1) is 28.7 Å². The van der Waals surface area contributed by atoms with E-state index >= 15 is 0 Å². The van der Waals surface area contributed by atoms with Crippen molar-refractivity contribution in [2.24, 2.45) is 0 Å². The van der Waals surface area contributed by atoms with Crippen molar-refractivity contribution in [1.82, 2.24) is 0 Å². The largest absolute Gasteiger partial charge is 0.417 e. The van der Waals surface area contributed by atoms with Crippen molar-refractivity contribution in [1.29, 1.82) is 5.26 Å². The SMILES string of the molecule is CCCCCCCS(=O)(=O)CCCCCCCCCCC(C)(O)C(=O)Nc1ccc(C#N)c(C(F)(F)F)c1. The maximum atomic E-state index is 13.1. The number of nitriles is 1. The second-order valence-electron chi connectivity index (χ2n) is 10.2. The molecule has 1 rings (SSSR count). The van der Waals surface area contributed by atoms with E-state index in [0.29, 0.717) is 24.7 Å². The molecular weight excluding hydrogens is 517 g/mol. The van der Waals surface area contributed by atoms with E-state index in [2.05, 4.69) is 12.2 Å². The standard InChI is InChI=1S/C28H43F3N2O4S/c1-3-4-5-11-14-19-38(36,37)20-15-12-9-7-6-8-10-13-18-27(2,35)26(34)33-24-17-16-23(22-32)25(21-24)28(29,30)31/h16-17,21,35H,3-15,18-20H2,1-2H3,(H,33,34). The van der Waals surface area contributed by atoms with E-state index in [1.54, 1.807) is 0 Å². The fraction of sp³-hybridized carbons (Fsp3) is 0.714. The van der Waals surface area contributed by atoms with Gasteiger partial charge in [-0.25, -0.2) is 8.42 Å². The number of carbonyl (C=O) groups excluding carboxylic acids is 1. The average Bonchev–Trinajstić information content (AvgIpc) is 2.84. The molecule has 0 aliphatic heterocycles. The molecule has 0 aliphatic carbocycles. The van der Waals surface area contributed by atoms with Crippen LogP contribution < -0.4 is 5.32 Å². The first kappa shape index (κ1) is 33.9. The molecule has 10 heteroatoms. The first-order valence-corrected chi connectivity index (χ1v) is 15.5. The molecule has 1 unspecified atom stereocenters. The van der Waals surface area contributed by atoms with Crippen molar-refractivity contribution >= 4 is 21.4 Å². The topological polar surface area (TPSA) is 107 Å². The van der Waals surface area contributed by atoms with Crippen LogP contribution in [0.4, 0.5) is 18.9 Å². The number of carbonyl (C=O) groups is 1. The molecule has 0 aliphatic rings. The van der Waals surface area contributed by atoms with Gasteiger partial charge in [-0.2, -0.15) is 18.4 Å². The lowest BCUT2D eigenvalue weighted by Gasteiger charge is -2.22. The lowest BCUT2D eigenvalue weighted by Crippen LogP contribution is -2.40. The first-order chi connectivity index (χ1) is 17.8. The van der Waals surface area contributed by atoms with Crippen LogP contribution in [-0.4, -0.2) is 36.5 Å². The Labute approximate surface area is 225 Å². The fourth-order valence-electron chi connectivity index (χ4n) is 4.21. The highest BCUT2D eigenvalue weighted by Crippen LogP contribution is 2.33. The Kier molecular flexibility index (Phi) is 15.0. The average molecular weight is 561 g/mol. The summed E-state index contributed by atoms with van der Waals surface area (Å²) in [6.45, 7) is 3.46. The van der Waals surface area contributed by atoms with Gasteiger partial charge in [0, 0.05) is 5.69 Å². The van der Waals surface area contributed by atoms with Crippen LogP contribution in [-0.2, 0) is 20.8 Å². The van der Waals surface area contributed by atoms with Crippen molar-refractivity contribution in [3.05, 3.63) is 29.3 Å². The molecule has 1 aromatic carbocycles. The number of anilines is 1. The highest BCUT2D eigenvalue weighted by Gasteiger charge is 2.35. The molecule has 0 heterocycles. The number of sulfone groups is 1. The molecule has 38 heavy (non-hydrogen) atoms. The Morgan fingerprint density at radius 1 is 0.921 bits per heavy atom. The summed E-state index contributed by atoms with van der Waals surface area (Å²) >= 11 is 0. The molecule has 0 saturated carbocycles. The third kappa shape index (κ3) is 13.6. The molecule has 216 valence electrons. The van der Waals surface area contributed by atoms with Gasteiger partial charge in [0.25, 0.3) is 5.91 Å². The van der Waals surface area contributed by atoms with E-state index < -0.39 is 38.6 Å². The molecule has 0 spiro atoms. The molecule has 1 aromatic rings. The summed E-state index contributed by atoms with van der Waals surface area (Å²) in [4.78, 5) is 12.4. The van der Waals surface area contributed by atoms with Crippen LogP contribution in [0, 0.1) is 11.3 Å². The third-order valence-electron chi connectivity index (χ3n) is 6.62. The summed E-state index contributed by atoms with van der Waals surface area (Å²) in [5.41, 5.74) is -3.56. The summed E-state index contributed by atoms with van der Waals surface area (Å²) in [6, 6.07) is 4.36. The molecule has 6 nitrogen and oxygen atoms in total. The Bertz CT molecular complexity index is 1000. The number of hydrogen-bond donors (Lipinski definition) is 2. The van der Waals surface area contributed by atoms with Crippen molar-refractivity contribution < 1.29 is 31.5 Å². The van der Waals surface area contributed by atoms with Gasteiger partial charge < -0.3 is 10.4 Å². The zero-order chi connectivity index (χ0) is 28.7. The van der Waals surface area contributed by atoms with Gasteiger partial charge in [0.1, 0.15) is 15.4 Å². The number of amides is 1. The quantitative estimate of drug-likeness (QED) is 0.175. The molecule has 0 bridgehead atoms. The van der Waals surface area contributed by atoms with E-state index in [0.717, 1.165) is 76.7 Å². The van der Waals surface area contributed by atoms with E-state index in [4.69, 9.17) is 5.26 Å². The first-order valence-electron chi connectivity index (χ1n) is 13.7. The van der Waals surface area contributed by atoms with Crippen LogP contribution in [0.3, 0.4) is 0 Å². The third-order valence-corrected chi connectivity index (χ3v) is 8.44. The summed E-state index contributed by atoms with van der Waals surface area (Å²) in [5, 5.41) is 21.7. The second-order valence-corrected chi connectivity index (χ2v) is 12.5. The van der Waals surface area contributed by atoms with E-state index in [1.165, 1.54) is 19.1 Å². The molecule has 1 amide bonds. The number of rotatable bonds is 19. The second kappa shape index (κ2) is 16.8. The number of halogens is 3. The van der Waals surface area contributed by atoms with E-state index in [1.807, 2.05) is 0 Å². The van der Waals surface area contributed by atoms with Gasteiger partial charge in [0.15, 0.2) is 0 Å². The normalized spacial score (nSPS) is 13.6. The summed E-state index contributed by atoms with van der Waals surface area (Å²) in [5.74, 6) is -0.246. The molecule has 0 aromatic heterocycles. The molecule has 0 saturated heterocycles. The number of benzene rings is 1. The van der Waals surface area contributed by atoms with Gasteiger partial charge in [-0.1, -0.05) is 77.6 Å². The van der Waals surface area contributed by atoms with Crippen LogP contribution in [0.15, 0.2) is 18.2 Å². The van der Waals surface area contributed by atoms with E-state index in [-0.39, 0.29) is 17.9 Å².